The highest BCUT2D eigenvalue weighted by molar-refractivity contribution is 5.75. The van der Waals surface area contributed by atoms with E-state index < -0.39 is 0 Å². The second kappa shape index (κ2) is 4.19. The fraction of sp³-hybridized carbons (Fsp3) is 0.500. The van der Waals surface area contributed by atoms with Gasteiger partial charge in [0.1, 0.15) is 11.3 Å². The summed E-state index contributed by atoms with van der Waals surface area (Å²) in [7, 11) is 0. The minimum Gasteiger partial charge on any atom is -0.335 e. The molecule has 20 heavy (non-hydrogen) atoms. The largest absolute Gasteiger partial charge is 0.335 e. The number of aryl methyl sites for hydroxylation is 1. The average molecular weight is 270 g/mol. The molecule has 0 spiro atoms. The van der Waals surface area contributed by atoms with Crippen LogP contribution in [0, 0.1) is 5.92 Å². The van der Waals surface area contributed by atoms with Crippen molar-refractivity contribution < 1.29 is 0 Å². The number of imidazole rings is 1. The summed E-state index contributed by atoms with van der Waals surface area (Å²) < 4.78 is 3.96. The maximum absolute atomic E-state index is 4.71. The number of hydrogen-bond donors (Lipinski definition) is 1. The van der Waals surface area contributed by atoms with E-state index in [-0.39, 0.29) is 0 Å². The lowest BCUT2D eigenvalue weighted by atomic mass is 10.2. The highest BCUT2D eigenvalue weighted by Crippen LogP contribution is 2.40. The van der Waals surface area contributed by atoms with Crippen molar-refractivity contribution in [2.24, 2.45) is 5.92 Å². The second-order valence-corrected chi connectivity index (χ2v) is 5.57. The predicted molar refractivity (Wildman–Crippen MR) is 76.2 cm³/mol. The molecule has 6 nitrogen and oxygen atoms in total. The van der Waals surface area contributed by atoms with Crippen molar-refractivity contribution in [3.8, 4) is 11.4 Å². The van der Waals surface area contributed by atoms with Gasteiger partial charge in [0, 0.05) is 12.7 Å². The van der Waals surface area contributed by atoms with E-state index in [1.807, 2.05) is 23.3 Å². The second-order valence-electron chi connectivity index (χ2n) is 5.57. The summed E-state index contributed by atoms with van der Waals surface area (Å²) in [6, 6.07) is 0.432. The van der Waals surface area contributed by atoms with Crippen LogP contribution in [-0.4, -0.2) is 29.5 Å². The van der Waals surface area contributed by atoms with E-state index in [1.165, 1.54) is 12.8 Å². The lowest BCUT2D eigenvalue weighted by Gasteiger charge is -2.10. The van der Waals surface area contributed by atoms with Crippen molar-refractivity contribution in [1.82, 2.24) is 29.5 Å². The molecule has 1 fully saturated rings. The molecular formula is C14H18N6. The third kappa shape index (κ3) is 1.75. The molecule has 1 atom stereocenters. The lowest BCUT2D eigenvalue weighted by Crippen LogP contribution is -2.08. The van der Waals surface area contributed by atoms with Gasteiger partial charge in [-0.25, -0.2) is 9.67 Å². The number of fused-ring (bicyclic) bond motifs is 1. The lowest BCUT2D eigenvalue weighted by molar-refractivity contribution is 0.451. The highest BCUT2D eigenvalue weighted by atomic mass is 15.3. The summed E-state index contributed by atoms with van der Waals surface area (Å²) in [4.78, 5) is 8.05. The molecule has 0 saturated heterocycles. The zero-order chi connectivity index (χ0) is 13.7. The minimum absolute atomic E-state index is 0.432. The number of H-pyrrole nitrogens is 1. The van der Waals surface area contributed by atoms with Crippen molar-refractivity contribution in [2.45, 2.75) is 39.3 Å². The summed E-state index contributed by atoms with van der Waals surface area (Å²) in [5.41, 5.74) is 2.97. The quantitative estimate of drug-likeness (QED) is 0.792. The van der Waals surface area contributed by atoms with Gasteiger partial charge in [-0.2, -0.15) is 10.2 Å². The molecule has 0 aromatic carbocycles. The van der Waals surface area contributed by atoms with Crippen molar-refractivity contribution >= 4 is 11.2 Å². The number of rotatable bonds is 4. The first-order valence-corrected chi connectivity index (χ1v) is 7.22. The molecule has 1 saturated carbocycles. The number of hydrogen-bond acceptors (Lipinski definition) is 3. The van der Waals surface area contributed by atoms with Gasteiger partial charge in [0.15, 0.2) is 5.65 Å². The Morgan fingerprint density at radius 2 is 2.20 bits per heavy atom. The standard InChI is InChI=1S/C14H18N6/c1-3-19-8-11(6-15-19)13-17-12-7-16-20(14(12)18-13)9(2)10-4-5-10/h6-10H,3-5H2,1-2H3,(H,17,18). The first-order chi connectivity index (χ1) is 9.76. The van der Waals surface area contributed by atoms with Crippen molar-refractivity contribution in [1.29, 1.82) is 0 Å². The van der Waals surface area contributed by atoms with Crippen LogP contribution in [0.4, 0.5) is 0 Å². The van der Waals surface area contributed by atoms with Crippen LogP contribution in [0.25, 0.3) is 22.6 Å². The van der Waals surface area contributed by atoms with Crippen LogP contribution in [0.2, 0.25) is 0 Å². The molecule has 1 unspecified atom stereocenters. The first kappa shape index (κ1) is 11.7. The van der Waals surface area contributed by atoms with Crippen molar-refractivity contribution in [3.63, 3.8) is 0 Å². The van der Waals surface area contributed by atoms with Gasteiger partial charge in [0.05, 0.1) is 24.0 Å². The summed E-state index contributed by atoms with van der Waals surface area (Å²) >= 11 is 0. The van der Waals surface area contributed by atoms with Gasteiger partial charge >= 0.3 is 0 Å². The van der Waals surface area contributed by atoms with Crippen LogP contribution in [0.3, 0.4) is 0 Å². The number of aromatic amines is 1. The van der Waals surface area contributed by atoms with Crippen LogP contribution in [0.1, 0.15) is 32.7 Å². The first-order valence-electron chi connectivity index (χ1n) is 7.22. The van der Waals surface area contributed by atoms with Crippen LogP contribution >= 0.6 is 0 Å². The monoisotopic (exact) mass is 270 g/mol. The smallest absolute Gasteiger partial charge is 0.177 e. The SMILES string of the molecule is CCn1cc(-c2nc3c(cnn3C(C)C3CC3)[nH]2)cn1. The normalized spacial score (nSPS) is 16.9. The third-order valence-corrected chi connectivity index (χ3v) is 4.16. The fourth-order valence-corrected chi connectivity index (χ4v) is 2.69. The van der Waals surface area contributed by atoms with Gasteiger partial charge in [0.2, 0.25) is 0 Å². The summed E-state index contributed by atoms with van der Waals surface area (Å²) in [5, 5.41) is 8.77. The van der Waals surface area contributed by atoms with Gasteiger partial charge in [0.25, 0.3) is 0 Å². The van der Waals surface area contributed by atoms with E-state index >= 15 is 0 Å². The molecule has 0 bridgehead atoms. The van der Waals surface area contributed by atoms with Crippen LogP contribution in [0.5, 0.6) is 0 Å². The van der Waals surface area contributed by atoms with Crippen molar-refractivity contribution in [2.75, 3.05) is 0 Å². The summed E-state index contributed by atoms with van der Waals surface area (Å²) in [6.45, 7) is 5.17. The van der Waals surface area contributed by atoms with Crippen molar-refractivity contribution in [3.05, 3.63) is 18.6 Å². The zero-order valence-corrected chi connectivity index (χ0v) is 11.7. The molecule has 0 amide bonds. The van der Waals surface area contributed by atoms with E-state index in [2.05, 4.69) is 33.7 Å². The maximum atomic E-state index is 4.71. The molecule has 0 radical (unpaired) electrons. The van der Waals surface area contributed by atoms with Gasteiger partial charge in [-0.15, -0.1) is 0 Å². The Labute approximate surface area is 116 Å². The Morgan fingerprint density at radius 3 is 2.90 bits per heavy atom. The Kier molecular flexibility index (Phi) is 2.45. The van der Waals surface area contributed by atoms with E-state index in [1.54, 1.807) is 0 Å². The van der Waals surface area contributed by atoms with Crippen LogP contribution in [0.15, 0.2) is 18.6 Å². The molecule has 3 heterocycles. The molecule has 104 valence electrons. The molecule has 4 rings (SSSR count). The molecule has 6 heteroatoms. The predicted octanol–water partition coefficient (Wildman–Crippen LogP) is 2.61. The highest BCUT2D eigenvalue weighted by Gasteiger charge is 2.31. The van der Waals surface area contributed by atoms with Gasteiger partial charge < -0.3 is 4.98 Å². The minimum atomic E-state index is 0.432. The Hall–Kier alpha value is -2.11. The molecule has 3 aromatic heterocycles. The van der Waals surface area contributed by atoms with Gasteiger partial charge in [-0.05, 0) is 32.6 Å². The van der Waals surface area contributed by atoms with E-state index in [4.69, 9.17) is 4.98 Å². The average Bonchev–Trinajstić information content (AvgIpc) is 2.87. The Balaban J connectivity index is 1.75. The van der Waals surface area contributed by atoms with Crippen LogP contribution < -0.4 is 0 Å². The van der Waals surface area contributed by atoms with E-state index in [0.717, 1.165) is 35.0 Å². The molecule has 1 aliphatic carbocycles. The molecular weight excluding hydrogens is 252 g/mol. The van der Waals surface area contributed by atoms with E-state index in [0.29, 0.717) is 6.04 Å². The molecule has 3 aromatic rings. The Bertz CT molecular complexity index is 745. The van der Waals surface area contributed by atoms with E-state index in [9.17, 15) is 0 Å². The van der Waals surface area contributed by atoms with Gasteiger partial charge in [-0.1, -0.05) is 0 Å². The molecule has 1 aliphatic rings. The number of nitrogens with one attached hydrogen (secondary N) is 1. The van der Waals surface area contributed by atoms with Crippen LogP contribution in [-0.2, 0) is 6.54 Å². The molecule has 1 N–H and O–H groups in total. The summed E-state index contributed by atoms with van der Waals surface area (Å²) in [6.07, 6.45) is 8.35. The topological polar surface area (TPSA) is 64.3 Å². The zero-order valence-electron chi connectivity index (χ0n) is 11.7. The third-order valence-electron chi connectivity index (χ3n) is 4.16. The maximum Gasteiger partial charge on any atom is 0.177 e. The summed E-state index contributed by atoms with van der Waals surface area (Å²) in [5.74, 6) is 1.63. The Morgan fingerprint density at radius 1 is 1.35 bits per heavy atom. The fourth-order valence-electron chi connectivity index (χ4n) is 2.69. The molecule has 0 aliphatic heterocycles. The number of aromatic nitrogens is 6. The number of nitrogens with zero attached hydrogens (tertiary/aromatic N) is 5. The van der Waals surface area contributed by atoms with Gasteiger partial charge in [-0.3, -0.25) is 4.68 Å².